The summed E-state index contributed by atoms with van der Waals surface area (Å²) in [5.74, 6) is 1.93. The van der Waals surface area contributed by atoms with E-state index >= 15 is 0 Å². The number of methoxy groups -OCH3 is 1. The normalized spacial score (nSPS) is 18.4. The standard InChI is InChI=1S/C15H25N3O/c1-9(8-16)7-13-10(2)17-15(18-11(13)3)14(19-4)12-5-6-12/h9,12,14H,5-8,16H2,1-4H3. The van der Waals surface area contributed by atoms with Crippen LogP contribution in [0.5, 0.6) is 0 Å². The number of nitrogens with zero attached hydrogens (tertiary/aromatic N) is 2. The summed E-state index contributed by atoms with van der Waals surface area (Å²) in [6.45, 7) is 6.99. The fraction of sp³-hybridized carbons (Fsp3) is 0.733. The van der Waals surface area contributed by atoms with Gasteiger partial charge in [-0.05, 0) is 57.1 Å². The third kappa shape index (κ3) is 3.31. The molecule has 1 aromatic heterocycles. The lowest BCUT2D eigenvalue weighted by Crippen LogP contribution is -2.17. The third-order valence-electron chi connectivity index (χ3n) is 3.95. The van der Waals surface area contributed by atoms with Gasteiger partial charge in [-0.3, -0.25) is 0 Å². The Balaban J connectivity index is 2.25. The molecular formula is C15H25N3O. The lowest BCUT2D eigenvalue weighted by Gasteiger charge is -2.18. The van der Waals surface area contributed by atoms with Crippen LogP contribution < -0.4 is 5.73 Å². The Bertz CT molecular complexity index is 420. The molecular weight excluding hydrogens is 238 g/mol. The molecule has 19 heavy (non-hydrogen) atoms. The first kappa shape index (κ1) is 14.4. The lowest BCUT2D eigenvalue weighted by molar-refractivity contribution is 0.0768. The van der Waals surface area contributed by atoms with Crippen molar-refractivity contribution >= 4 is 0 Å². The largest absolute Gasteiger partial charge is 0.373 e. The maximum absolute atomic E-state index is 5.71. The van der Waals surface area contributed by atoms with Crippen LogP contribution in [0.25, 0.3) is 0 Å². The molecule has 106 valence electrons. The summed E-state index contributed by atoms with van der Waals surface area (Å²) < 4.78 is 5.57. The maximum atomic E-state index is 5.71. The van der Waals surface area contributed by atoms with Gasteiger partial charge in [0.1, 0.15) is 6.10 Å². The van der Waals surface area contributed by atoms with E-state index in [4.69, 9.17) is 10.5 Å². The van der Waals surface area contributed by atoms with Crippen molar-refractivity contribution in [1.82, 2.24) is 9.97 Å². The molecule has 0 saturated heterocycles. The molecule has 2 atom stereocenters. The van der Waals surface area contributed by atoms with Crippen molar-refractivity contribution in [2.24, 2.45) is 17.6 Å². The SMILES string of the molecule is COC(c1nc(C)c(CC(C)CN)c(C)n1)C1CC1. The summed E-state index contributed by atoms with van der Waals surface area (Å²) in [5, 5.41) is 0. The highest BCUT2D eigenvalue weighted by atomic mass is 16.5. The second-order valence-electron chi connectivity index (χ2n) is 5.77. The second kappa shape index (κ2) is 5.97. The molecule has 2 unspecified atom stereocenters. The molecule has 1 aliphatic carbocycles. The minimum Gasteiger partial charge on any atom is -0.373 e. The van der Waals surface area contributed by atoms with E-state index in [-0.39, 0.29) is 6.10 Å². The fourth-order valence-electron chi connectivity index (χ4n) is 2.53. The van der Waals surface area contributed by atoms with E-state index in [0.29, 0.717) is 18.4 Å². The van der Waals surface area contributed by atoms with Gasteiger partial charge in [0.15, 0.2) is 5.82 Å². The average Bonchev–Trinajstić information content (AvgIpc) is 3.19. The van der Waals surface area contributed by atoms with Crippen LogP contribution >= 0.6 is 0 Å². The number of hydrogen-bond donors (Lipinski definition) is 1. The maximum Gasteiger partial charge on any atom is 0.157 e. The van der Waals surface area contributed by atoms with Gasteiger partial charge in [-0.2, -0.15) is 0 Å². The van der Waals surface area contributed by atoms with Crippen LogP contribution in [0.3, 0.4) is 0 Å². The first-order valence-corrected chi connectivity index (χ1v) is 7.13. The van der Waals surface area contributed by atoms with Gasteiger partial charge in [-0.25, -0.2) is 9.97 Å². The molecule has 4 heteroatoms. The Hall–Kier alpha value is -1.00. The second-order valence-corrected chi connectivity index (χ2v) is 5.77. The van der Waals surface area contributed by atoms with E-state index in [1.54, 1.807) is 7.11 Å². The number of aryl methyl sites for hydroxylation is 2. The zero-order valence-corrected chi connectivity index (χ0v) is 12.4. The van der Waals surface area contributed by atoms with Crippen molar-refractivity contribution in [1.29, 1.82) is 0 Å². The van der Waals surface area contributed by atoms with Crippen LogP contribution in [-0.4, -0.2) is 23.6 Å². The van der Waals surface area contributed by atoms with E-state index in [2.05, 4.69) is 30.7 Å². The molecule has 2 N–H and O–H groups in total. The number of ether oxygens (including phenoxy) is 1. The molecule has 0 spiro atoms. The van der Waals surface area contributed by atoms with Gasteiger partial charge >= 0.3 is 0 Å². The molecule has 1 saturated carbocycles. The van der Waals surface area contributed by atoms with Crippen LogP contribution in [0.15, 0.2) is 0 Å². The van der Waals surface area contributed by atoms with Crippen molar-refractivity contribution in [3.05, 3.63) is 22.8 Å². The lowest BCUT2D eigenvalue weighted by atomic mass is 9.98. The summed E-state index contributed by atoms with van der Waals surface area (Å²) in [7, 11) is 1.75. The fourth-order valence-corrected chi connectivity index (χ4v) is 2.53. The highest BCUT2D eigenvalue weighted by Gasteiger charge is 2.34. The van der Waals surface area contributed by atoms with Gasteiger partial charge < -0.3 is 10.5 Å². The molecule has 1 fully saturated rings. The van der Waals surface area contributed by atoms with E-state index in [9.17, 15) is 0 Å². The summed E-state index contributed by atoms with van der Waals surface area (Å²) in [6, 6.07) is 0. The van der Waals surface area contributed by atoms with E-state index < -0.39 is 0 Å². The quantitative estimate of drug-likeness (QED) is 0.855. The predicted molar refractivity (Wildman–Crippen MR) is 75.9 cm³/mol. The Labute approximate surface area is 115 Å². The molecule has 1 heterocycles. The Kier molecular flexibility index (Phi) is 4.53. The molecule has 0 bridgehead atoms. The van der Waals surface area contributed by atoms with Gasteiger partial charge in [-0.15, -0.1) is 0 Å². The van der Waals surface area contributed by atoms with E-state index in [1.807, 2.05) is 0 Å². The van der Waals surface area contributed by atoms with Crippen LogP contribution in [0.4, 0.5) is 0 Å². The van der Waals surface area contributed by atoms with E-state index in [1.165, 1.54) is 18.4 Å². The van der Waals surface area contributed by atoms with Crippen LogP contribution in [0.2, 0.25) is 0 Å². The average molecular weight is 263 g/mol. The highest BCUT2D eigenvalue weighted by molar-refractivity contribution is 5.25. The van der Waals surface area contributed by atoms with Gasteiger partial charge in [0.05, 0.1) is 0 Å². The number of aromatic nitrogens is 2. The van der Waals surface area contributed by atoms with Crippen LogP contribution in [-0.2, 0) is 11.2 Å². The van der Waals surface area contributed by atoms with Crippen molar-refractivity contribution in [2.45, 2.75) is 46.1 Å². The highest BCUT2D eigenvalue weighted by Crippen LogP contribution is 2.42. The Morgan fingerprint density at radius 2 is 1.84 bits per heavy atom. The van der Waals surface area contributed by atoms with E-state index in [0.717, 1.165) is 23.6 Å². The monoisotopic (exact) mass is 263 g/mol. The summed E-state index contributed by atoms with van der Waals surface area (Å²) in [5.41, 5.74) is 9.10. The minimum absolute atomic E-state index is 0.0679. The number of hydrogen-bond acceptors (Lipinski definition) is 4. The first-order chi connectivity index (χ1) is 9.06. The molecule has 1 aromatic rings. The zero-order chi connectivity index (χ0) is 14.0. The van der Waals surface area contributed by atoms with Gasteiger partial charge in [-0.1, -0.05) is 6.92 Å². The van der Waals surface area contributed by atoms with Crippen molar-refractivity contribution in [3.8, 4) is 0 Å². The molecule has 0 aliphatic heterocycles. The summed E-state index contributed by atoms with van der Waals surface area (Å²) >= 11 is 0. The molecule has 0 amide bonds. The zero-order valence-electron chi connectivity index (χ0n) is 12.4. The van der Waals surface area contributed by atoms with Crippen molar-refractivity contribution in [2.75, 3.05) is 13.7 Å². The Morgan fingerprint density at radius 1 is 1.26 bits per heavy atom. The predicted octanol–water partition coefficient (Wildman–Crippen LogP) is 2.33. The smallest absolute Gasteiger partial charge is 0.157 e. The molecule has 4 nitrogen and oxygen atoms in total. The van der Waals surface area contributed by atoms with Crippen LogP contribution in [0.1, 0.15) is 48.6 Å². The minimum atomic E-state index is 0.0679. The third-order valence-corrected chi connectivity index (χ3v) is 3.95. The first-order valence-electron chi connectivity index (χ1n) is 7.13. The Morgan fingerprint density at radius 3 is 2.26 bits per heavy atom. The van der Waals surface area contributed by atoms with Crippen molar-refractivity contribution in [3.63, 3.8) is 0 Å². The molecule has 1 aliphatic rings. The summed E-state index contributed by atoms with van der Waals surface area (Å²) in [4.78, 5) is 9.35. The van der Waals surface area contributed by atoms with Crippen molar-refractivity contribution < 1.29 is 4.74 Å². The van der Waals surface area contributed by atoms with Gasteiger partial charge in [0, 0.05) is 18.5 Å². The number of nitrogens with two attached hydrogens (primary N) is 1. The molecule has 0 radical (unpaired) electrons. The topological polar surface area (TPSA) is 61.0 Å². The molecule has 0 aromatic carbocycles. The summed E-state index contributed by atoms with van der Waals surface area (Å²) in [6.07, 6.45) is 3.48. The van der Waals surface area contributed by atoms with Gasteiger partial charge in [0.2, 0.25) is 0 Å². The van der Waals surface area contributed by atoms with Crippen LogP contribution in [0, 0.1) is 25.7 Å². The molecule has 2 rings (SSSR count). The number of rotatable bonds is 6. The van der Waals surface area contributed by atoms with Gasteiger partial charge in [0.25, 0.3) is 0 Å².